The zero-order valence-corrected chi connectivity index (χ0v) is 14.8. The third-order valence-corrected chi connectivity index (χ3v) is 3.33. The van der Waals surface area contributed by atoms with Gasteiger partial charge in [-0.15, -0.1) is 0 Å². The van der Waals surface area contributed by atoms with Gasteiger partial charge in [-0.25, -0.2) is 0 Å². The molecule has 1 rings (SSSR count). The van der Waals surface area contributed by atoms with E-state index in [4.69, 9.17) is 9.47 Å². The lowest BCUT2D eigenvalue weighted by molar-refractivity contribution is -0.163. The largest absolute Gasteiger partial charge is 0.465 e. The summed E-state index contributed by atoms with van der Waals surface area (Å²) in [7, 11) is 0. The Bertz CT molecular complexity index is 383. The molecule has 4 nitrogen and oxygen atoms in total. The van der Waals surface area contributed by atoms with E-state index in [2.05, 4.69) is 0 Å². The van der Waals surface area contributed by atoms with Crippen LogP contribution in [-0.4, -0.2) is 25.2 Å². The molecule has 0 N–H and O–H groups in total. The highest BCUT2D eigenvalue weighted by Crippen LogP contribution is 2.29. The van der Waals surface area contributed by atoms with Gasteiger partial charge in [0, 0.05) is 0 Å². The fraction of sp³-hybridized carbons (Fsp3) is 0.778. The smallest absolute Gasteiger partial charge is 0.310 e. The van der Waals surface area contributed by atoms with Gasteiger partial charge in [-0.3, -0.25) is 9.59 Å². The van der Waals surface area contributed by atoms with Crippen LogP contribution in [0.1, 0.15) is 54.4 Å². The van der Waals surface area contributed by atoms with Crippen molar-refractivity contribution < 1.29 is 19.1 Å². The predicted octanol–water partition coefficient (Wildman–Crippen LogP) is 3.75. The molecular weight excluding hydrogens is 280 g/mol. The van der Waals surface area contributed by atoms with Gasteiger partial charge >= 0.3 is 11.9 Å². The van der Waals surface area contributed by atoms with Crippen molar-refractivity contribution >= 4 is 11.9 Å². The van der Waals surface area contributed by atoms with Crippen LogP contribution < -0.4 is 0 Å². The van der Waals surface area contributed by atoms with Gasteiger partial charge in [-0.2, -0.15) is 0 Å². The molecule has 0 saturated carbocycles. The van der Waals surface area contributed by atoms with E-state index in [1.165, 1.54) is 0 Å². The van der Waals surface area contributed by atoms with Crippen LogP contribution >= 0.6 is 0 Å². The average Bonchev–Trinajstić information content (AvgIpc) is 2.40. The van der Waals surface area contributed by atoms with Crippen molar-refractivity contribution in [1.29, 1.82) is 0 Å². The third kappa shape index (κ3) is 6.63. The molecule has 1 aliphatic rings. The first-order valence-electron chi connectivity index (χ1n) is 7.98. The van der Waals surface area contributed by atoms with Crippen molar-refractivity contribution in [3.8, 4) is 0 Å². The summed E-state index contributed by atoms with van der Waals surface area (Å²) in [6.07, 6.45) is 4.96. The average molecular weight is 310 g/mol. The van der Waals surface area contributed by atoms with Gasteiger partial charge in [-0.1, -0.05) is 53.7 Å². The van der Waals surface area contributed by atoms with E-state index < -0.39 is 11.8 Å². The lowest BCUT2D eigenvalue weighted by Gasteiger charge is -2.28. The minimum Gasteiger partial charge on any atom is -0.465 e. The maximum atomic E-state index is 12.3. The summed E-state index contributed by atoms with van der Waals surface area (Å²) < 4.78 is 10.8. The molecule has 0 amide bonds. The van der Waals surface area contributed by atoms with E-state index in [-0.39, 0.29) is 22.8 Å². The number of hydrogen-bond acceptors (Lipinski definition) is 4. The number of rotatable bonds is 4. The number of carbonyl (C=O) groups excluding carboxylic acids is 2. The second kappa shape index (κ2) is 7.30. The first kappa shape index (κ1) is 18.7. The van der Waals surface area contributed by atoms with Crippen LogP contribution in [-0.2, 0) is 19.1 Å². The molecule has 0 aromatic heterocycles. The van der Waals surface area contributed by atoms with E-state index in [0.717, 1.165) is 0 Å². The Morgan fingerprint density at radius 2 is 1.14 bits per heavy atom. The van der Waals surface area contributed by atoms with Gasteiger partial charge in [0.05, 0.1) is 25.0 Å². The first-order chi connectivity index (χ1) is 9.99. The lowest BCUT2D eigenvalue weighted by atomic mass is 9.83. The number of esters is 2. The Morgan fingerprint density at radius 3 is 1.41 bits per heavy atom. The van der Waals surface area contributed by atoms with Crippen molar-refractivity contribution in [2.45, 2.75) is 54.4 Å². The van der Waals surface area contributed by atoms with Crippen molar-refractivity contribution in [2.24, 2.45) is 22.7 Å². The summed E-state index contributed by atoms with van der Waals surface area (Å²) in [5, 5.41) is 0. The van der Waals surface area contributed by atoms with Crippen LogP contribution in [0.2, 0.25) is 0 Å². The van der Waals surface area contributed by atoms with Gasteiger partial charge in [0.15, 0.2) is 0 Å². The molecule has 0 saturated heterocycles. The normalized spacial score (nSPS) is 22.3. The molecule has 4 heteroatoms. The summed E-state index contributed by atoms with van der Waals surface area (Å²) in [4.78, 5) is 24.6. The highest BCUT2D eigenvalue weighted by molar-refractivity contribution is 5.82. The molecule has 1 aliphatic carbocycles. The van der Waals surface area contributed by atoms with Gasteiger partial charge in [0.25, 0.3) is 0 Å². The monoisotopic (exact) mass is 310 g/mol. The number of carbonyl (C=O) groups is 2. The first-order valence-corrected chi connectivity index (χ1v) is 7.98. The van der Waals surface area contributed by atoms with Gasteiger partial charge < -0.3 is 9.47 Å². The summed E-state index contributed by atoms with van der Waals surface area (Å²) in [6, 6.07) is 0. The molecule has 0 heterocycles. The third-order valence-electron chi connectivity index (χ3n) is 3.33. The Morgan fingerprint density at radius 1 is 0.818 bits per heavy atom. The van der Waals surface area contributed by atoms with Crippen molar-refractivity contribution in [1.82, 2.24) is 0 Å². The Kier molecular flexibility index (Phi) is 6.21. The molecule has 0 radical (unpaired) electrons. The van der Waals surface area contributed by atoms with E-state index in [0.29, 0.717) is 26.1 Å². The Labute approximate surface area is 134 Å². The minimum absolute atomic E-state index is 0.0809. The van der Waals surface area contributed by atoms with E-state index in [9.17, 15) is 9.59 Å². The molecule has 0 aromatic rings. The molecule has 0 aliphatic heterocycles. The van der Waals surface area contributed by atoms with Crippen molar-refractivity contribution in [3.05, 3.63) is 12.2 Å². The maximum absolute atomic E-state index is 12.3. The summed E-state index contributed by atoms with van der Waals surface area (Å²) >= 11 is 0. The second-order valence-corrected chi connectivity index (χ2v) is 8.49. The van der Waals surface area contributed by atoms with Crippen LogP contribution in [0.3, 0.4) is 0 Å². The summed E-state index contributed by atoms with van der Waals surface area (Å²) in [6.45, 7) is 12.8. The zero-order valence-electron chi connectivity index (χ0n) is 14.8. The molecule has 0 fully saturated rings. The van der Waals surface area contributed by atoms with E-state index in [1.807, 2.05) is 53.7 Å². The highest BCUT2D eigenvalue weighted by atomic mass is 16.5. The van der Waals surface area contributed by atoms with Crippen LogP contribution in [0.4, 0.5) is 0 Å². The van der Waals surface area contributed by atoms with Crippen LogP contribution in [0.5, 0.6) is 0 Å². The molecule has 22 heavy (non-hydrogen) atoms. The fourth-order valence-corrected chi connectivity index (χ4v) is 2.12. The molecular formula is C18H30O4. The summed E-state index contributed by atoms with van der Waals surface area (Å²) in [5.74, 6) is -1.45. The van der Waals surface area contributed by atoms with Crippen molar-refractivity contribution in [3.63, 3.8) is 0 Å². The Balaban J connectivity index is 2.65. The molecule has 0 spiro atoms. The molecule has 0 bridgehead atoms. The van der Waals surface area contributed by atoms with E-state index >= 15 is 0 Å². The van der Waals surface area contributed by atoms with Crippen LogP contribution in [0.25, 0.3) is 0 Å². The van der Waals surface area contributed by atoms with E-state index in [1.54, 1.807) is 0 Å². The zero-order chi connectivity index (χ0) is 17.0. The lowest BCUT2D eigenvalue weighted by Crippen LogP contribution is -2.35. The fourth-order valence-electron chi connectivity index (χ4n) is 2.12. The van der Waals surface area contributed by atoms with Crippen LogP contribution in [0, 0.1) is 22.7 Å². The Hall–Kier alpha value is -1.32. The van der Waals surface area contributed by atoms with Gasteiger partial charge in [-0.05, 0) is 23.7 Å². The molecule has 2 atom stereocenters. The number of ether oxygens (including phenoxy) is 2. The maximum Gasteiger partial charge on any atom is 0.310 e. The van der Waals surface area contributed by atoms with Crippen LogP contribution in [0.15, 0.2) is 12.2 Å². The standard InChI is InChI=1S/C18H30O4/c1-17(2,3)11-21-15(19)13-9-7-8-10-14(13)16(20)22-12-18(4,5)6/h7-8,13-14H,9-12H2,1-6H3. The molecule has 126 valence electrons. The SMILES string of the molecule is CC(C)(C)COC(=O)C1CC=CCC1C(=O)OCC(C)(C)C. The van der Waals surface area contributed by atoms with Gasteiger partial charge in [0.1, 0.15) is 0 Å². The number of hydrogen-bond donors (Lipinski definition) is 0. The number of allylic oxidation sites excluding steroid dienone is 2. The quantitative estimate of drug-likeness (QED) is 0.586. The minimum atomic E-state index is -0.431. The highest BCUT2D eigenvalue weighted by Gasteiger charge is 2.37. The molecule has 2 unspecified atom stereocenters. The predicted molar refractivity (Wildman–Crippen MR) is 86.2 cm³/mol. The van der Waals surface area contributed by atoms with Crippen molar-refractivity contribution in [2.75, 3.05) is 13.2 Å². The molecule has 0 aromatic carbocycles. The summed E-state index contributed by atoms with van der Waals surface area (Å²) in [5.41, 5.74) is -0.162. The topological polar surface area (TPSA) is 52.6 Å². The second-order valence-electron chi connectivity index (χ2n) is 8.49. The van der Waals surface area contributed by atoms with Gasteiger partial charge in [0.2, 0.25) is 0 Å².